The lowest BCUT2D eigenvalue weighted by Gasteiger charge is -2.06. The van der Waals surface area contributed by atoms with Gasteiger partial charge in [0.1, 0.15) is 0 Å². The fourth-order valence-corrected chi connectivity index (χ4v) is 2.30. The normalized spacial score (nSPS) is 11.6. The summed E-state index contributed by atoms with van der Waals surface area (Å²) in [6.07, 6.45) is 2.74. The number of hydrogen-bond acceptors (Lipinski definition) is 4. The Balaban J connectivity index is 2.65. The molecule has 0 aliphatic rings. The summed E-state index contributed by atoms with van der Waals surface area (Å²) in [7, 11) is -2.13. The van der Waals surface area contributed by atoms with Crippen LogP contribution in [0.15, 0.2) is 46.2 Å². The zero-order valence-corrected chi connectivity index (χ0v) is 9.36. The minimum Gasteiger partial charge on any atom is -0.443 e. The van der Waals surface area contributed by atoms with Gasteiger partial charge in [-0.3, -0.25) is 0 Å². The maximum atomic E-state index is 11.7. The maximum absolute atomic E-state index is 11.7. The minimum absolute atomic E-state index is 0.175. The Morgan fingerprint density at radius 2 is 2.06 bits per heavy atom. The van der Waals surface area contributed by atoms with Gasteiger partial charge in [-0.1, -0.05) is 12.1 Å². The van der Waals surface area contributed by atoms with Crippen molar-refractivity contribution in [3.05, 3.63) is 36.9 Å². The highest BCUT2D eigenvalue weighted by Crippen LogP contribution is 2.26. The molecule has 6 heteroatoms. The van der Waals surface area contributed by atoms with Crippen molar-refractivity contribution in [3.8, 4) is 11.3 Å². The quantitative estimate of drug-likeness (QED) is 0.873. The average Bonchev–Trinajstić information content (AvgIpc) is 2.82. The lowest BCUT2D eigenvalue weighted by atomic mass is 10.2. The van der Waals surface area contributed by atoms with E-state index in [1.165, 1.54) is 25.7 Å². The first kappa shape index (κ1) is 10.8. The number of rotatable bonds is 3. The van der Waals surface area contributed by atoms with Gasteiger partial charge in [-0.25, -0.2) is 18.1 Å². The summed E-state index contributed by atoms with van der Waals surface area (Å²) in [5, 5.41) is 0. The van der Waals surface area contributed by atoms with Crippen LogP contribution in [0, 0.1) is 0 Å². The second kappa shape index (κ2) is 4.07. The van der Waals surface area contributed by atoms with Crippen molar-refractivity contribution >= 4 is 10.0 Å². The lowest BCUT2D eigenvalue weighted by Crippen LogP contribution is -2.19. The third-order valence-corrected chi connectivity index (χ3v) is 3.62. The summed E-state index contributed by atoms with van der Waals surface area (Å²) in [5.41, 5.74) is 0.495. The highest BCUT2D eigenvalue weighted by Gasteiger charge is 2.18. The fraction of sp³-hybridized carbons (Fsp3) is 0.100. The first-order valence-corrected chi connectivity index (χ1v) is 6.05. The standard InChI is InChI=1S/C10H10N2O3S/c1-11-16(13,14)10-5-3-2-4-8(10)9-6-12-7-15-9/h2-7,11H,1H3. The van der Waals surface area contributed by atoms with Crippen molar-refractivity contribution < 1.29 is 12.8 Å². The van der Waals surface area contributed by atoms with E-state index < -0.39 is 10.0 Å². The summed E-state index contributed by atoms with van der Waals surface area (Å²) in [4.78, 5) is 3.94. The third kappa shape index (κ3) is 1.84. The van der Waals surface area contributed by atoms with Crippen LogP contribution in [-0.4, -0.2) is 20.4 Å². The summed E-state index contributed by atoms with van der Waals surface area (Å²) >= 11 is 0. The molecule has 0 unspecified atom stereocenters. The Hall–Kier alpha value is -1.66. The number of nitrogens with one attached hydrogen (secondary N) is 1. The molecule has 1 aromatic carbocycles. The molecule has 0 radical (unpaired) electrons. The number of benzene rings is 1. The van der Waals surface area contributed by atoms with E-state index in [2.05, 4.69) is 9.71 Å². The molecule has 0 aliphatic carbocycles. The van der Waals surface area contributed by atoms with E-state index in [1.54, 1.807) is 18.2 Å². The van der Waals surface area contributed by atoms with Crippen LogP contribution in [0.5, 0.6) is 0 Å². The van der Waals surface area contributed by atoms with Crippen LogP contribution in [0.2, 0.25) is 0 Å². The molecule has 1 heterocycles. The smallest absolute Gasteiger partial charge is 0.241 e. The van der Waals surface area contributed by atoms with Crippen LogP contribution in [-0.2, 0) is 10.0 Å². The van der Waals surface area contributed by atoms with E-state index in [4.69, 9.17) is 4.42 Å². The zero-order chi connectivity index (χ0) is 11.6. The molecule has 1 aromatic heterocycles. The number of nitrogens with zero attached hydrogens (tertiary/aromatic N) is 1. The van der Waals surface area contributed by atoms with E-state index in [1.807, 2.05) is 0 Å². The van der Waals surface area contributed by atoms with Crippen LogP contribution in [0.25, 0.3) is 11.3 Å². The van der Waals surface area contributed by atoms with Gasteiger partial charge < -0.3 is 4.42 Å². The molecule has 5 nitrogen and oxygen atoms in total. The summed E-state index contributed by atoms with van der Waals surface area (Å²) in [6.45, 7) is 0. The van der Waals surface area contributed by atoms with Gasteiger partial charge in [0, 0.05) is 5.56 Å². The van der Waals surface area contributed by atoms with Crippen LogP contribution < -0.4 is 4.72 Å². The summed E-state index contributed by atoms with van der Waals surface area (Å²) < 4.78 is 30.9. The molecule has 0 bridgehead atoms. The van der Waals surface area contributed by atoms with Crippen LogP contribution >= 0.6 is 0 Å². The lowest BCUT2D eigenvalue weighted by molar-refractivity contribution is 0.567. The van der Waals surface area contributed by atoms with Gasteiger partial charge in [0.05, 0.1) is 11.1 Å². The Morgan fingerprint density at radius 1 is 1.31 bits per heavy atom. The van der Waals surface area contributed by atoms with Crippen molar-refractivity contribution in [1.82, 2.24) is 9.71 Å². The molecule has 1 N–H and O–H groups in total. The predicted octanol–water partition coefficient (Wildman–Crippen LogP) is 1.25. The van der Waals surface area contributed by atoms with Crippen LogP contribution in [0.3, 0.4) is 0 Å². The highest BCUT2D eigenvalue weighted by atomic mass is 32.2. The zero-order valence-electron chi connectivity index (χ0n) is 8.54. The van der Waals surface area contributed by atoms with Gasteiger partial charge in [-0.15, -0.1) is 0 Å². The Morgan fingerprint density at radius 3 is 2.69 bits per heavy atom. The second-order valence-electron chi connectivity index (χ2n) is 3.07. The summed E-state index contributed by atoms with van der Waals surface area (Å²) in [5.74, 6) is 0.425. The topological polar surface area (TPSA) is 72.2 Å². The number of hydrogen-bond donors (Lipinski definition) is 1. The summed E-state index contributed by atoms with van der Waals surface area (Å²) in [6, 6.07) is 6.59. The number of aromatic nitrogens is 1. The van der Waals surface area contributed by atoms with Gasteiger partial charge in [0.25, 0.3) is 0 Å². The monoisotopic (exact) mass is 238 g/mol. The molecular formula is C10H10N2O3S. The van der Waals surface area contributed by atoms with E-state index in [-0.39, 0.29) is 4.90 Å². The van der Waals surface area contributed by atoms with Gasteiger partial charge >= 0.3 is 0 Å². The van der Waals surface area contributed by atoms with E-state index in [0.717, 1.165) is 0 Å². The Kier molecular flexibility index (Phi) is 2.76. The molecule has 0 amide bonds. The second-order valence-corrected chi connectivity index (χ2v) is 4.92. The van der Waals surface area contributed by atoms with Gasteiger partial charge in [-0.2, -0.15) is 0 Å². The van der Waals surface area contributed by atoms with Crippen molar-refractivity contribution in [2.24, 2.45) is 0 Å². The average molecular weight is 238 g/mol. The molecule has 84 valence electrons. The molecule has 2 rings (SSSR count). The van der Waals surface area contributed by atoms with E-state index in [0.29, 0.717) is 11.3 Å². The van der Waals surface area contributed by atoms with Crippen LogP contribution in [0.4, 0.5) is 0 Å². The SMILES string of the molecule is CNS(=O)(=O)c1ccccc1-c1cnco1. The Bertz CT molecular complexity index is 576. The molecule has 0 saturated heterocycles. The Labute approximate surface area is 93.2 Å². The third-order valence-electron chi connectivity index (χ3n) is 2.14. The molecule has 2 aromatic rings. The van der Waals surface area contributed by atoms with Gasteiger partial charge in [0.2, 0.25) is 10.0 Å². The molecule has 16 heavy (non-hydrogen) atoms. The molecule has 0 spiro atoms. The predicted molar refractivity (Wildman–Crippen MR) is 58.2 cm³/mol. The van der Waals surface area contributed by atoms with Crippen molar-refractivity contribution in [2.45, 2.75) is 4.90 Å². The first-order chi connectivity index (χ1) is 7.65. The maximum Gasteiger partial charge on any atom is 0.241 e. The van der Waals surface area contributed by atoms with Crippen molar-refractivity contribution in [1.29, 1.82) is 0 Å². The number of oxazole rings is 1. The molecule has 0 saturated carbocycles. The molecule has 0 aliphatic heterocycles. The fourth-order valence-electron chi connectivity index (χ4n) is 1.36. The van der Waals surface area contributed by atoms with Crippen molar-refractivity contribution in [2.75, 3.05) is 7.05 Å². The minimum atomic E-state index is -3.49. The molecule has 0 fully saturated rings. The van der Waals surface area contributed by atoms with E-state index in [9.17, 15) is 8.42 Å². The largest absolute Gasteiger partial charge is 0.443 e. The molecular weight excluding hydrogens is 228 g/mol. The van der Waals surface area contributed by atoms with Crippen LogP contribution in [0.1, 0.15) is 0 Å². The highest BCUT2D eigenvalue weighted by molar-refractivity contribution is 7.89. The first-order valence-electron chi connectivity index (χ1n) is 4.56. The number of sulfonamides is 1. The van der Waals surface area contributed by atoms with Crippen molar-refractivity contribution in [3.63, 3.8) is 0 Å². The van der Waals surface area contributed by atoms with Gasteiger partial charge in [-0.05, 0) is 19.2 Å². The molecule has 0 atom stereocenters. The van der Waals surface area contributed by atoms with E-state index >= 15 is 0 Å². The van der Waals surface area contributed by atoms with Gasteiger partial charge in [0.15, 0.2) is 12.2 Å².